The minimum Gasteiger partial charge on any atom is -0.487 e. The maximum absolute atomic E-state index is 13.5. The van der Waals surface area contributed by atoms with Crippen molar-refractivity contribution in [1.29, 1.82) is 0 Å². The third kappa shape index (κ3) is 5.43. The van der Waals surface area contributed by atoms with Crippen molar-refractivity contribution in [1.82, 2.24) is 14.2 Å². The Morgan fingerprint density at radius 2 is 2.15 bits per heavy atom. The fourth-order valence-electron chi connectivity index (χ4n) is 3.82. The highest BCUT2D eigenvalue weighted by molar-refractivity contribution is 7.89. The molecule has 0 unspecified atom stereocenters. The summed E-state index contributed by atoms with van der Waals surface area (Å²) < 4.78 is 34.5. The Labute approximate surface area is 195 Å². The fourth-order valence-corrected chi connectivity index (χ4v) is 5.64. The van der Waals surface area contributed by atoms with Crippen molar-refractivity contribution < 1.29 is 23.1 Å². The summed E-state index contributed by atoms with van der Waals surface area (Å²) in [6.07, 6.45) is 6.36. The van der Waals surface area contributed by atoms with Gasteiger partial charge in [-0.3, -0.25) is 9.78 Å². The smallest absolute Gasteiger partial charge is 0.255 e. The molecule has 0 saturated heterocycles. The van der Waals surface area contributed by atoms with Crippen LogP contribution in [-0.2, 0) is 10.0 Å². The molecule has 0 bridgehead atoms. The number of benzene rings is 1. The molecule has 1 aliphatic rings. The molecule has 0 aliphatic carbocycles. The molecule has 3 rings (SSSR count). The average molecular weight is 474 g/mol. The first-order valence-corrected chi connectivity index (χ1v) is 12.3. The first kappa shape index (κ1) is 24.9. The fraction of sp³-hybridized carbons (Fsp3) is 0.417. The predicted molar refractivity (Wildman–Crippen MR) is 126 cm³/mol. The van der Waals surface area contributed by atoms with Gasteiger partial charge in [0.25, 0.3) is 5.91 Å². The molecule has 1 amide bonds. The molecule has 3 atom stereocenters. The van der Waals surface area contributed by atoms with Gasteiger partial charge in [-0.05, 0) is 43.7 Å². The molecule has 1 N–H and O–H groups in total. The van der Waals surface area contributed by atoms with Crippen molar-refractivity contribution >= 4 is 22.0 Å². The molecule has 9 heteroatoms. The number of aliphatic hydroxyl groups excluding tert-OH is 1. The van der Waals surface area contributed by atoms with Gasteiger partial charge in [0.15, 0.2) is 0 Å². The lowest BCUT2D eigenvalue weighted by atomic mass is 10.0. The van der Waals surface area contributed by atoms with Gasteiger partial charge in [-0.2, -0.15) is 4.31 Å². The Morgan fingerprint density at radius 1 is 1.39 bits per heavy atom. The summed E-state index contributed by atoms with van der Waals surface area (Å²) in [5.41, 5.74) is 1.27. The van der Waals surface area contributed by atoms with Crippen LogP contribution in [0.3, 0.4) is 0 Å². The molecule has 0 fully saturated rings. The molecule has 8 nitrogen and oxygen atoms in total. The average Bonchev–Trinajstić information content (AvgIpc) is 2.81. The van der Waals surface area contributed by atoms with Gasteiger partial charge in [0.2, 0.25) is 10.0 Å². The molecule has 0 spiro atoms. The number of sulfonamides is 1. The number of rotatable bonds is 6. The van der Waals surface area contributed by atoms with Crippen LogP contribution in [0.15, 0.2) is 53.7 Å². The zero-order valence-electron chi connectivity index (χ0n) is 19.4. The van der Waals surface area contributed by atoms with Crippen LogP contribution in [0.4, 0.5) is 0 Å². The van der Waals surface area contributed by atoms with Gasteiger partial charge in [-0.1, -0.05) is 25.1 Å². The highest BCUT2D eigenvalue weighted by atomic mass is 32.2. The second-order valence-corrected chi connectivity index (χ2v) is 10.2. The van der Waals surface area contributed by atoms with Crippen LogP contribution in [0.2, 0.25) is 0 Å². The third-order valence-electron chi connectivity index (χ3n) is 5.76. The first-order chi connectivity index (χ1) is 15.7. The van der Waals surface area contributed by atoms with Gasteiger partial charge in [0.1, 0.15) is 16.7 Å². The van der Waals surface area contributed by atoms with E-state index in [4.69, 9.17) is 4.74 Å². The molecule has 2 heterocycles. The summed E-state index contributed by atoms with van der Waals surface area (Å²) in [5, 5.41) is 9.73. The third-order valence-corrected chi connectivity index (χ3v) is 7.78. The van der Waals surface area contributed by atoms with E-state index in [2.05, 4.69) is 4.98 Å². The van der Waals surface area contributed by atoms with E-state index in [-0.39, 0.29) is 42.2 Å². The van der Waals surface area contributed by atoms with Crippen LogP contribution in [0, 0.1) is 5.92 Å². The number of carbonyl (C=O) groups is 1. The lowest BCUT2D eigenvalue weighted by Gasteiger charge is -2.37. The van der Waals surface area contributed by atoms with Crippen molar-refractivity contribution in [3.8, 4) is 5.75 Å². The van der Waals surface area contributed by atoms with E-state index in [0.29, 0.717) is 5.56 Å². The maximum Gasteiger partial charge on any atom is 0.255 e. The molecule has 2 aromatic rings. The Bertz CT molecular complexity index is 1100. The van der Waals surface area contributed by atoms with Gasteiger partial charge in [-0.15, -0.1) is 0 Å². The van der Waals surface area contributed by atoms with Gasteiger partial charge in [0, 0.05) is 37.9 Å². The number of hydrogen-bond donors (Lipinski definition) is 1. The molecule has 1 aromatic heterocycles. The van der Waals surface area contributed by atoms with E-state index in [1.54, 1.807) is 49.3 Å². The van der Waals surface area contributed by atoms with E-state index < -0.39 is 22.2 Å². The van der Waals surface area contributed by atoms with Crippen molar-refractivity contribution in [2.45, 2.75) is 37.8 Å². The number of allylic oxidation sites excluding steroid dienone is 1. The molecule has 0 saturated carbocycles. The second-order valence-electron chi connectivity index (χ2n) is 8.37. The van der Waals surface area contributed by atoms with E-state index in [0.717, 1.165) is 5.56 Å². The van der Waals surface area contributed by atoms with E-state index in [1.807, 2.05) is 26.0 Å². The number of ether oxygens (including phenoxy) is 1. The maximum atomic E-state index is 13.5. The molecule has 1 aliphatic heterocycles. The number of pyridine rings is 1. The van der Waals surface area contributed by atoms with Gasteiger partial charge in [0.05, 0.1) is 18.7 Å². The summed E-state index contributed by atoms with van der Waals surface area (Å²) in [6.45, 7) is 5.54. The van der Waals surface area contributed by atoms with Crippen molar-refractivity contribution in [2.75, 3.05) is 26.7 Å². The van der Waals surface area contributed by atoms with E-state index >= 15 is 0 Å². The van der Waals surface area contributed by atoms with Crippen LogP contribution < -0.4 is 4.74 Å². The minimum absolute atomic E-state index is 0.0502. The molecular formula is C24H31N3O5S. The van der Waals surface area contributed by atoms with Crippen LogP contribution >= 0.6 is 0 Å². The molecular weight excluding hydrogens is 442 g/mol. The summed E-state index contributed by atoms with van der Waals surface area (Å²) in [5.74, 6) is -0.215. The zero-order valence-corrected chi connectivity index (χ0v) is 20.2. The Hall–Kier alpha value is -2.75. The van der Waals surface area contributed by atoms with E-state index in [1.165, 1.54) is 16.6 Å². The zero-order chi connectivity index (χ0) is 24.2. The van der Waals surface area contributed by atoms with E-state index in [9.17, 15) is 18.3 Å². The number of nitrogens with zero attached hydrogens (tertiary/aromatic N) is 3. The van der Waals surface area contributed by atoms with Crippen molar-refractivity contribution in [3.05, 3.63) is 59.9 Å². The monoisotopic (exact) mass is 473 g/mol. The van der Waals surface area contributed by atoms with Gasteiger partial charge in [-0.25, -0.2) is 8.42 Å². The number of likely N-dealkylation sites (N-methyl/N-ethyl adjacent to an activating group) is 1. The lowest BCUT2D eigenvalue weighted by Crippen LogP contribution is -2.50. The molecule has 178 valence electrons. The number of hydrogen-bond acceptors (Lipinski definition) is 6. The highest BCUT2D eigenvalue weighted by Crippen LogP contribution is 2.34. The topological polar surface area (TPSA) is 100 Å². The van der Waals surface area contributed by atoms with Gasteiger partial charge < -0.3 is 14.7 Å². The summed E-state index contributed by atoms with van der Waals surface area (Å²) in [4.78, 5) is 18.5. The Balaban J connectivity index is 2.01. The van der Waals surface area contributed by atoms with Crippen LogP contribution in [0.25, 0.3) is 6.08 Å². The van der Waals surface area contributed by atoms with Crippen molar-refractivity contribution in [3.63, 3.8) is 0 Å². The molecule has 33 heavy (non-hydrogen) atoms. The normalized spacial score (nSPS) is 21.5. The van der Waals surface area contributed by atoms with Crippen molar-refractivity contribution in [2.24, 2.45) is 5.92 Å². The number of carbonyl (C=O) groups excluding carboxylic acids is 1. The molecule has 1 aromatic carbocycles. The standard InChI is InChI=1S/C24H31N3O5S/c1-5-7-19-9-10-23-21(12-19)32-22(15-26(4)24(29)20-8-6-11-25-13-20)17(2)14-27(18(3)16-28)33(23,30)31/h5-13,17-18,22,28H,14-16H2,1-4H3/b7-5+/t17-,18+,22-/m0/s1. The summed E-state index contributed by atoms with van der Waals surface area (Å²) in [7, 11) is -2.21. The summed E-state index contributed by atoms with van der Waals surface area (Å²) in [6, 6.07) is 7.75. The van der Waals surface area contributed by atoms with Crippen LogP contribution in [0.5, 0.6) is 5.75 Å². The minimum atomic E-state index is -3.89. The SMILES string of the molecule is C/C=C/c1ccc2c(c1)O[C@@H](CN(C)C(=O)c1cccnc1)[C@@H](C)CN([C@H](C)CO)S2(=O)=O. The number of amides is 1. The van der Waals surface area contributed by atoms with Crippen LogP contribution in [0.1, 0.15) is 36.7 Å². The Kier molecular flexibility index (Phi) is 7.88. The Morgan fingerprint density at radius 3 is 2.79 bits per heavy atom. The first-order valence-electron chi connectivity index (χ1n) is 10.9. The quantitative estimate of drug-likeness (QED) is 0.692. The lowest BCUT2D eigenvalue weighted by molar-refractivity contribution is 0.0563. The number of aliphatic hydroxyl groups is 1. The second kappa shape index (κ2) is 10.5. The number of fused-ring (bicyclic) bond motifs is 1. The highest BCUT2D eigenvalue weighted by Gasteiger charge is 2.38. The van der Waals surface area contributed by atoms with Gasteiger partial charge >= 0.3 is 0 Å². The summed E-state index contributed by atoms with van der Waals surface area (Å²) >= 11 is 0. The predicted octanol–water partition coefficient (Wildman–Crippen LogP) is 2.66. The molecule has 0 radical (unpaired) electrons. The number of aromatic nitrogens is 1. The largest absolute Gasteiger partial charge is 0.487 e. The van der Waals surface area contributed by atoms with Crippen LogP contribution in [-0.4, -0.2) is 72.5 Å².